The van der Waals surface area contributed by atoms with Crippen LogP contribution in [0.4, 0.5) is 8.78 Å². The molecule has 2 aromatic rings. The number of rotatable bonds is 4. The Hall–Kier alpha value is -1.90. The molecule has 0 radical (unpaired) electrons. The van der Waals surface area contributed by atoms with Crippen molar-refractivity contribution in [3.8, 4) is 5.75 Å². The summed E-state index contributed by atoms with van der Waals surface area (Å²) in [7, 11) is 0. The number of benzene rings is 2. The zero-order valence-electron chi connectivity index (χ0n) is 9.20. The van der Waals surface area contributed by atoms with Crippen LogP contribution >= 0.6 is 0 Å². The molecule has 0 spiro atoms. The minimum absolute atomic E-state index is 0.242. The maximum atomic E-state index is 12.6. The van der Waals surface area contributed by atoms with E-state index in [0.29, 0.717) is 18.8 Å². The topological polar surface area (TPSA) is 9.23 Å². The molecule has 0 aliphatic heterocycles. The molecular weight excluding hydrogens is 222 g/mol. The van der Waals surface area contributed by atoms with E-state index in [2.05, 4.69) is 0 Å². The third-order valence-corrected chi connectivity index (χ3v) is 2.39. The van der Waals surface area contributed by atoms with Crippen LogP contribution in [0.2, 0.25) is 0 Å². The SMILES string of the molecule is Fc1ccc(CCOc2ccc(F)cc2)cc1. The van der Waals surface area contributed by atoms with Crippen molar-refractivity contribution in [2.45, 2.75) is 6.42 Å². The average molecular weight is 234 g/mol. The molecule has 2 rings (SSSR count). The minimum atomic E-state index is -0.282. The van der Waals surface area contributed by atoms with Gasteiger partial charge in [-0.15, -0.1) is 0 Å². The first kappa shape index (κ1) is 11.6. The molecule has 0 saturated heterocycles. The van der Waals surface area contributed by atoms with Crippen LogP contribution < -0.4 is 4.74 Å². The molecule has 0 N–H and O–H groups in total. The summed E-state index contributed by atoms with van der Waals surface area (Å²) in [6.45, 7) is 0.483. The molecule has 0 amide bonds. The molecule has 0 aromatic heterocycles. The molecule has 17 heavy (non-hydrogen) atoms. The van der Waals surface area contributed by atoms with Gasteiger partial charge in [-0.2, -0.15) is 0 Å². The molecule has 0 unspecified atom stereocenters. The van der Waals surface area contributed by atoms with Crippen LogP contribution in [0, 0.1) is 11.6 Å². The molecule has 0 bridgehead atoms. The van der Waals surface area contributed by atoms with Crippen LogP contribution in [0.3, 0.4) is 0 Å². The van der Waals surface area contributed by atoms with Gasteiger partial charge >= 0.3 is 0 Å². The predicted octanol–water partition coefficient (Wildman–Crippen LogP) is 3.59. The van der Waals surface area contributed by atoms with E-state index in [4.69, 9.17) is 4.74 Å². The first-order valence-corrected chi connectivity index (χ1v) is 5.37. The predicted molar refractivity (Wildman–Crippen MR) is 62.0 cm³/mol. The van der Waals surface area contributed by atoms with Crippen LogP contribution in [0.25, 0.3) is 0 Å². The van der Waals surface area contributed by atoms with Gasteiger partial charge in [0.1, 0.15) is 17.4 Å². The van der Waals surface area contributed by atoms with Gasteiger partial charge in [-0.25, -0.2) is 8.78 Å². The molecule has 88 valence electrons. The van der Waals surface area contributed by atoms with Gasteiger partial charge in [0.05, 0.1) is 6.61 Å². The van der Waals surface area contributed by atoms with Crippen molar-refractivity contribution in [3.63, 3.8) is 0 Å². The molecule has 0 fully saturated rings. The number of hydrogen-bond acceptors (Lipinski definition) is 1. The Balaban J connectivity index is 1.83. The van der Waals surface area contributed by atoms with Crippen molar-refractivity contribution < 1.29 is 13.5 Å². The molecule has 0 atom stereocenters. The van der Waals surface area contributed by atoms with E-state index >= 15 is 0 Å². The summed E-state index contributed by atoms with van der Waals surface area (Å²) in [5, 5.41) is 0. The third kappa shape index (κ3) is 3.55. The fourth-order valence-corrected chi connectivity index (χ4v) is 1.47. The van der Waals surface area contributed by atoms with E-state index in [9.17, 15) is 8.78 Å². The highest BCUT2D eigenvalue weighted by molar-refractivity contribution is 5.22. The van der Waals surface area contributed by atoms with Crippen molar-refractivity contribution in [3.05, 3.63) is 65.7 Å². The lowest BCUT2D eigenvalue weighted by atomic mass is 10.2. The molecular formula is C14H12F2O. The zero-order chi connectivity index (χ0) is 12.1. The lowest BCUT2D eigenvalue weighted by Crippen LogP contribution is -2.01. The highest BCUT2D eigenvalue weighted by atomic mass is 19.1. The second-order valence-corrected chi connectivity index (χ2v) is 3.68. The smallest absolute Gasteiger partial charge is 0.123 e. The van der Waals surface area contributed by atoms with Gasteiger partial charge in [0.25, 0.3) is 0 Å². The fraction of sp³-hybridized carbons (Fsp3) is 0.143. The summed E-state index contributed by atoms with van der Waals surface area (Å²) in [6.07, 6.45) is 0.692. The molecule has 0 aliphatic carbocycles. The lowest BCUT2D eigenvalue weighted by molar-refractivity contribution is 0.321. The lowest BCUT2D eigenvalue weighted by Gasteiger charge is -2.06. The Morgan fingerprint density at radius 2 is 1.29 bits per heavy atom. The minimum Gasteiger partial charge on any atom is -0.493 e. The molecule has 1 nitrogen and oxygen atoms in total. The highest BCUT2D eigenvalue weighted by Gasteiger charge is 1.97. The standard InChI is InChI=1S/C14H12F2O/c15-12-3-1-11(2-4-12)9-10-17-14-7-5-13(16)6-8-14/h1-8H,9-10H2. The number of hydrogen-bond donors (Lipinski definition) is 0. The Kier molecular flexibility index (Phi) is 3.70. The number of halogens is 2. The van der Waals surface area contributed by atoms with E-state index in [1.165, 1.54) is 24.3 Å². The van der Waals surface area contributed by atoms with Crippen LogP contribution in [-0.2, 0) is 6.42 Å². The average Bonchev–Trinajstić information content (AvgIpc) is 2.34. The van der Waals surface area contributed by atoms with Gasteiger partial charge in [0.2, 0.25) is 0 Å². The van der Waals surface area contributed by atoms with Crippen LogP contribution in [0.1, 0.15) is 5.56 Å². The molecule has 3 heteroatoms. The van der Waals surface area contributed by atoms with E-state index in [-0.39, 0.29) is 11.6 Å². The van der Waals surface area contributed by atoms with Crippen LogP contribution in [0.5, 0.6) is 5.75 Å². The van der Waals surface area contributed by atoms with Crippen molar-refractivity contribution in [2.75, 3.05) is 6.61 Å². The summed E-state index contributed by atoms with van der Waals surface area (Å²) in [6, 6.07) is 12.2. The second kappa shape index (κ2) is 5.43. The molecule has 0 saturated carbocycles. The van der Waals surface area contributed by atoms with Gasteiger partial charge in [-0.3, -0.25) is 0 Å². The van der Waals surface area contributed by atoms with Crippen molar-refractivity contribution in [1.29, 1.82) is 0 Å². The van der Waals surface area contributed by atoms with Crippen molar-refractivity contribution >= 4 is 0 Å². The largest absolute Gasteiger partial charge is 0.493 e. The van der Waals surface area contributed by atoms with Gasteiger partial charge < -0.3 is 4.74 Å². The quantitative estimate of drug-likeness (QED) is 0.785. The fourth-order valence-electron chi connectivity index (χ4n) is 1.47. The third-order valence-electron chi connectivity index (χ3n) is 2.39. The summed E-state index contributed by atoms with van der Waals surface area (Å²) in [5.41, 5.74) is 1.01. The normalized spacial score (nSPS) is 10.2. The summed E-state index contributed by atoms with van der Waals surface area (Å²) >= 11 is 0. The summed E-state index contributed by atoms with van der Waals surface area (Å²) in [5.74, 6) is 0.109. The first-order valence-electron chi connectivity index (χ1n) is 5.37. The second-order valence-electron chi connectivity index (χ2n) is 3.68. The zero-order valence-corrected chi connectivity index (χ0v) is 9.20. The molecule has 0 heterocycles. The number of ether oxygens (including phenoxy) is 1. The van der Waals surface area contributed by atoms with E-state index < -0.39 is 0 Å². The molecule has 2 aromatic carbocycles. The van der Waals surface area contributed by atoms with Gasteiger partial charge in [-0.05, 0) is 42.0 Å². The Morgan fingerprint density at radius 1 is 0.765 bits per heavy atom. The Labute approximate surface area is 98.7 Å². The maximum absolute atomic E-state index is 12.6. The van der Waals surface area contributed by atoms with E-state index in [1.807, 2.05) is 0 Å². The first-order chi connectivity index (χ1) is 8.24. The van der Waals surface area contributed by atoms with E-state index in [0.717, 1.165) is 5.56 Å². The van der Waals surface area contributed by atoms with Crippen LogP contribution in [-0.4, -0.2) is 6.61 Å². The van der Waals surface area contributed by atoms with Crippen molar-refractivity contribution in [2.24, 2.45) is 0 Å². The Morgan fingerprint density at radius 3 is 1.88 bits per heavy atom. The van der Waals surface area contributed by atoms with Gasteiger partial charge in [0.15, 0.2) is 0 Å². The van der Waals surface area contributed by atoms with E-state index in [1.54, 1.807) is 24.3 Å². The maximum Gasteiger partial charge on any atom is 0.123 e. The molecule has 0 aliphatic rings. The van der Waals surface area contributed by atoms with Gasteiger partial charge in [-0.1, -0.05) is 12.1 Å². The Bertz CT molecular complexity index is 417. The summed E-state index contributed by atoms with van der Waals surface area (Å²) < 4.78 is 30.7. The highest BCUT2D eigenvalue weighted by Crippen LogP contribution is 2.11. The summed E-state index contributed by atoms with van der Waals surface area (Å²) in [4.78, 5) is 0. The van der Waals surface area contributed by atoms with Gasteiger partial charge in [0, 0.05) is 6.42 Å². The van der Waals surface area contributed by atoms with Crippen LogP contribution in [0.15, 0.2) is 48.5 Å². The van der Waals surface area contributed by atoms with Crippen molar-refractivity contribution in [1.82, 2.24) is 0 Å². The monoisotopic (exact) mass is 234 g/mol.